The van der Waals surface area contributed by atoms with E-state index in [-0.39, 0.29) is 6.03 Å². The third-order valence-electron chi connectivity index (χ3n) is 3.38. The molecule has 98 valence electrons. The molecule has 0 spiro atoms. The van der Waals surface area contributed by atoms with Crippen LogP contribution in [0, 0.1) is 0 Å². The monoisotopic (exact) mass is 247 g/mol. The van der Waals surface area contributed by atoms with E-state index in [0.717, 1.165) is 38.2 Å². The van der Waals surface area contributed by atoms with Gasteiger partial charge in [-0.25, -0.2) is 4.79 Å². The third kappa shape index (κ3) is 3.23. The number of rotatable bonds is 3. The minimum absolute atomic E-state index is 0.00981. The van der Waals surface area contributed by atoms with E-state index in [2.05, 4.69) is 10.6 Å². The van der Waals surface area contributed by atoms with Gasteiger partial charge in [0.25, 0.3) is 0 Å². The zero-order chi connectivity index (χ0) is 12.8. The molecule has 4 nitrogen and oxygen atoms in total. The Morgan fingerprint density at radius 3 is 2.61 bits per heavy atom. The molecule has 2 N–H and O–H groups in total. The highest BCUT2D eigenvalue weighted by atomic mass is 16.2. The molecule has 0 unspecified atom stereocenters. The lowest BCUT2D eigenvalue weighted by Gasteiger charge is -2.33. The van der Waals surface area contributed by atoms with E-state index in [1.54, 1.807) is 0 Å². The second kappa shape index (κ2) is 6.40. The zero-order valence-corrected chi connectivity index (χ0v) is 10.9. The molecular weight excluding hydrogens is 226 g/mol. The number of hydrogen-bond acceptors (Lipinski definition) is 2. The number of para-hydroxylation sites is 1. The Bertz CT molecular complexity index is 374. The molecule has 1 saturated heterocycles. The summed E-state index contributed by atoms with van der Waals surface area (Å²) in [7, 11) is 0. The van der Waals surface area contributed by atoms with Gasteiger partial charge in [0.05, 0.1) is 0 Å². The van der Waals surface area contributed by atoms with Crippen LogP contribution in [-0.2, 0) is 0 Å². The number of piperidine rings is 1. The van der Waals surface area contributed by atoms with Crippen LogP contribution in [0.15, 0.2) is 30.3 Å². The second-order valence-electron chi connectivity index (χ2n) is 4.56. The van der Waals surface area contributed by atoms with Gasteiger partial charge < -0.3 is 15.5 Å². The number of nitrogens with zero attached hydrogens (tertiary/aromatic N) is 1. The summed E-state index contributed by atoms with van der Waals surface area (Å²) in [5.41, 5.74) is 0.856. The number of carbonyl (C=O) groups excluding carboxylic acids is 1. The largest absolute Gasteiger partial charge is 0.322 e. The molecule has 0 aromatic heterocycles. The van der Waals surface area contributed by atoms with Crippen molar-refractivity contribution in [2.45, 2.75) is 25.8 Å². The Kier molecular flexibility index (Phi) is 4.59. The maximum Gasteiger partial charge on any atom is 0.322 e. The molecule has 1 aromatic carbocycles. The van der Waals surface area contributed by atoms with Gasteiger partial charge in [0, 0.05) is 18.3 Å². The van der Waals surface area contributed by atoms with Crippen molar-refractivity contribution in [3.8, 4) is 0 Å². The number of carbonyl (C=O) groups is 1. The highest BCUT2D eigenvalue weighted by Gasteiger charge is 2.23. The predicted molar refractivity (Wildman–Crippen MR) is 73.7 cm³/mol. The first-order chi connectivity index (χ1) is 8.81. The maximum absolute atomic E-state index is 12.2. The second-order valence-corrected chi connectivity index (χ2v) is 4.56. The van der Waals surface area contributed by atoms with E-state index < -0.39 is 0 Å². The van der Waals surface area contributed by atoms with Crippen LogP contribution in [0.2, 0.25) is 0 Å². The molecule has 0 bridgehead atoms. The van der Waals surface area contributed by atoms with Crippen molar-refractivity contribution in [1.29, 1.82) is 0 Å². The van der Waals surface area contributed by atoms with Crippen molar-refractivity contribution in [2.75, 3.05) is 25.0 Å². The van der Waals surface area contributed by atoms with E-state index >= 15 is 0 Å². The lowest BCUT2D eigenvalue weighted by atomic mass is 10.1. The van der Waals surface area contributed by atoms with Crippen LogP contribution >= 0.6 is 0 Å². The summed E-state index contributed by atoms with van der Waals surface area (Å²) < 4.78 is 0. The molecule has 1 aliphatic heterocycles. The third-order valence-corrected chi connectivity index (χ3v) is 3.38. The number of anilines is 1. The summed E-state index contributed by atoms with van der Waals surface area (Å²) >= 11 is 0. The summed E-state index contributed by atoms with van der Waals surface area (Å²) in [6, 6.07) is 9.99. The van der Waals surface area contributed by atoms with E-state index in [1.165, 1.54) is 0 Å². The molecule has 4 heteroatoms. The number of hydrogen-bond donors (Lipinski definition) is 2. The van der Waals surface area contributed by atoms with E-state index in [1.807, 2.05) is 42.2 Å². The van der Waals surface area contributed by atoms with Crippen molar-refractivity contribution in [1.82, 2.24) is 10.2 Å². The lowest BCUT2D eigenvalue weighted by Crippen LogP contribution is -2.47. The fourth-order valence-corrected chi connectivity index (χ4v) is 2.40. The number of urea groups is 1. The number of nitrogens with one attached hydrogen (secondary N) is 2. The topological polar surface area (TPSA) is 44.4 Å². The van der Waals surface area contributed by atoms with Crippen LogP contribution in [0.1, 0.15) is 19.8 Å². The molecule has 1 fully saturated rings. The van der Waals surface area contributed by atoms with Gasteiger partial charge >= 0.3 is 6.03 Å². The van der Waals surface area contributed by atoms with Crippen LogP contribution in [0.4, 0.5) is 10.5 Å². The van der Waals surface area contributed by atoms with Crippen molar-refractivity contribution in [2.24, 2.45) is 0 Å². The molecular formula is C14H21N3O. The van der Waals surface area contributed by atoms with E-state index in [4.69, 9.17) is 0 Å². The van der Waals surface area contributed by atoms with Crippen LogP contribution in [0.3, 0.4) is 0 Å². The SMILES string of the molecule is CCN(C(=O)Nc1ccccc1)C1CCNCC1. The van der Waals surface area contributed by atoms with Gasteiger partial charge in [-0.3, -0.25) is 0 Å². The van der Waals surface area contributed by atoms with Gasteiger partial charge in [-0.2, -0.15) is 0 Å². The van der Waals surface area contributed by atoms with Crippen molar-refractivity contribution in [3.05, 3.63) is 30.3 Å². The fourth-order valence-electron chi connectivity index (χ4n) is 2.40. The average Bonchev–Trinajstić information content (AvgIpc) is 2.42. The molecule has 0 saturated carbocycles. The first-order valence-corrected chi connectivity index (χ1v) is 6.64. The van der Waals surface area contributed by atoms with Crippen LogP contribution < -0.4 is 10.6 Å². The van der Waals surface area contributed by atoms with E-state index in [0.29, 0.717) is 6.04 Å². The molecule has 1 aromatic rings. The molecule has 0 atom stereocenters. The maximum atomic E-state index is 12.2. The molecule has 0 aliphatic carbocycles. The smallest absolute Gasteiger partial charge is 0.322 e. The van der Waals surface area contributed by atoms with Gasteiger partial charge in [0.15, 0.2) is 0 Å². The minimum Gasteiger partial charge on any atom is -0.322 e. The first-order valence-electron chi connectivity index (χ1n) is 6.64. The first kappa shape index (κ1) is 12.9. The Balaban J connectivity index is 1.96. The normalized spacial score (nSPS) is 16.3. The van der Waals surface area contributed by atoms with Crippen LogP contribution in [-0.4, -0.2) is 36.6 Å². The summed E-state index contributed by atoms with van der Waals surface area (Å²) in [5.74, 6) is 0. The lowest BCUT2D eigenvalue weighted by molar-refractivity contribution is 0.175. The van der Waals surface area contributed by atoms with Gasteiger partial charge in [0.2, 0.25) is 0 Å². The van der Waals surface area contributed by atoms with Crippen molar-refractivity contribution >= 4 is 11.7 Å². The standard InChI is InChI=1S/C14H21N3O/c1-2-17(13-8-10-15-11-9-13)14(18)16-12-6-4-3-5-7-12/h3-7,13,15H,2,8-11H2,1H3,(H,16,18). The average molecular weight is 247 g/mol. The Labute approximate surface area is 108 Å². The summed E-state index contributed by atoms with van der Waals surface area (Å²) in [6.07, 6.45) is 2.08. The van der Waals surface area contributed by atoms with Crippen molar-refractivity contribution < 1.29 is 4.79 Å². The van der Waals surface area contributed by atoms with E-state index in [9.17, 15) is 4.79 Å². The van der Waals surface area contributed by atoms with Gasteiger partial charge in [-0.1, -0.05) is 18.2 Å². The van der Waals surface area contributed by atoms with Crippen LogP contribution in [0.25, 0.3) is 0 Å². The quantitative estimate of drug-likeness (QED) is 0.860. The van der Waals surface area contributed by atoms with Crippen molar-refractivity contribution in [3.63, 3.8) is 0 Å². The Morgan fingerprint density at radius 1 is 1.33 bits per heavy atom. The summed E-state index contributed by atoms with van der Waals surface area (Å²) in [6.45, 7) is 4.79. The summed E-state index contributed by atoms with van der Waals surface area (Å²) in [5, 5.41) is 6.28. The molecule has 2 amide bonds. The minimum atomic E-state index is 0.00981. The Morgan fingerprint density at radius 2 is 2.00 bits per heavy atom. The number of benzene rings is 1. The molecule has 1 aliphatic rings. The molecule has 2 rings (SSSR count). The molecule has 1 heterocycles. The van der Waals surface area contributed by atoms with Crippen LogP contribution in [0.5, 0.6) is 0 Å². The zero-order valence-electron chi connectivity index (χ0n) is 10.9. The highest BCUT2D eigenvalue weighted by molar-refractivity contribution is 5.89. The van der Waals surface area contributed by atoms with Gasteiger partial charge in [-0.05, 0) is 45.0 Å². The molecule has 18 heavy (non-hydrogen) atoms. The predicted octanol–water partition coefficient (Wildman–Crippen LogP) is 2.29. The highest BCUT2D eigenvalue weighted by Crippen LogP contribution is 2.14. The summed E-state index contributed by atoms with van der Waals surface area (Å²) in [4.78, 5) is 14.2. The van der Waals surface area contributed by atoms with Gasteiger partial charge in [-0.15, -0.1) is 0 Å². The van der Waals surface area contributed by atoms with Gasteiger partial charge in [0.1, 0.15) is 0 Å². The molecule has 0 radical (unpaired) electrons. The Hall–Kier alpha value is -1.55. The number of amides is 2. The fraction of sp³-hybridized carbons (Fsp3) is 0.500.